The molecular weight excluding hydrogens is 298 g/mol. The number of benzene rings is 2. The summed E-state index contributed by atoms with van der Waals surface area (Å²) in [6.45, 7) is 3.00. The molecule has 0 bridgehead atoms. The van der Waals surface area contributed by atoms with Crippen LogP contribution in [0.5, 0.6) is 5.75 Å². The largest absolute Gasteiger partial charge is 0.494 e. The fourth-order valence-electron chi connectivity index (χ4n) is 3.15. The van der Waals surface area contributed by atoms with Crippen molar-refractivity contribution in [1.29, 1.82) is 0 Å². The molecule has 2 atom stereocenters. The minimum atomic E-state index is 0.237. The molecule has 0 amide bonds. The number of anilines is 1. The second-order valence-corrected chi connectivity index (χ2v) is 6.38. The molecule has 2 aromatic rings. The van der Waals surface area contributed by atoms with Crippen LogP contribution >= 0.6 is 0 Å². The predicted molar refractivity (Wildman–Crippen MR) is 98.7 cm³/mol. The van der Waals surface area contributed by atoms with Crippen LogP contribution in [0.3, 0.4) is 0 Å². The number of nitrogens with two attached hydrogens (primary N) is 1. The van der Waals surface area contributed by atoms with Crippen LogP contribution < -0.4 is 21.3 Å². The first-order valence-corrected chi connectivity index (χ1v) is 8.86. The zero-order valence-electron chi connectivity index (χ0n) is 14.3. The Morgan fingerprint density at radius 3 is 2.50 bits per heavy atom. The average Bonchev–Trinajstić information content (AvgIpc) is 3.09. The van der Waals surface area contributed by atoms with Crippen LogP contribution in [0.15, 0.2) is 48.5 Å². The van der Waals surface area contributed by atoms with Gasteiger partial charge in [0.1, 0.15) is 5.75 Å². The minimum absolute atomic E-state index is 0.237. The van der Waals surface area contributed by atoms with Crippen molar-refractivity contribution in [2.75, 3.05) is 12.3 Å². The van der Waals surface area contributed by atoms with Gasteiger partial charge in [-0.05, 0) is 42.2 Å². The van der Waals surface area contributed by atoms with E-state index in [0.717, 1.165) is 36.4 Å². The SMILES string of the molecule is CCCCCOc1ccc(C2CC(c3ccccc3N)NN2)cc1. The molecule has 3 rings (SSSR count). The third-order valence-electron chi connectivity index (χ3n) is 4.57. The van der Waals surface area contributed by atoms with Crippen molar-refractivity contribution in [3.05, 3.63) is 59.7 Å². The van der Waals surface area contributed by atoms with Crippen molar-refractivity contribution < 1.29 is 4.74 Å². The monoisotopic (exact) mass is 325 g/mol. The summed E-state index contributed by atoms with van der Waals surface area (Å²) in [5.41, 5.74) is 16.1. The predicted octanol–water partition coefficient (Wildman–Crippen LogP) is 4.12. The zero-order valence-corrected chi connectivity index (χ0v) is 14.3. The third-order valence-corrected chi connectivity index (χ3v) is 4.57. The van der Waals surface area contributed by atoms with Gasteiger partial charge < -0.3 is 10.5 Å². The summed E-state index contributed by atoms with van der Waals surface area (Å²) in [6.07, 6.45) is 4.53. The van der Waals surface area contributed by atoms with Gasteiger partial charge >= 0.3 is 0 Å². The van der Waals surface area contributed by atoms with E-state index in [-0.39, 0.29) is 12.1 Å². The highest BCUT2D eigenvalue weighted by molar-refractivity contribution is 5.48. The first-order chi connectivity index (χ1) is 11.8. The molecule has 0 spiro atoms. The molecule has 2 unspecified atom stereocenters. The van der Waals surface area contributed by atoms with E-state index in [9.17, 15) is 0 Å². The number of rotatable bonds is 7. The Morgan fingerprint density at radius 1 is 1.00 bits per heavy atom. The van der Waals surface area contributed by atoms with E-state index in [2.05, 4.69) is 48.1 Å². The summed E-state index contributed by atoms with van der Waals surface area (Å²) in [6, 6.07) is 17.0. The summed E-state index contributed by atoms with van der Waals surface area (Å²) in [7, 11) is 0. The second-order valence-electron chi connectivity index (χ2n) is 6.38. The Labute approximate surface area is 144 Å². The summed E-state index contributed by atoms with van der Waals surface area (Å²) in [5.74, 6) is 0.949. The lowest BCUT2D eigenvalue weighted by molar-refractivity contribution is 0.306. The number of ether oxygens (including phenoxy) is 1. The van der Waals surface area contributed by atoms with E-state index in [0.29, 0.717) is 0 Å². The third kappa shape index (κ3) is 4.08. The Balaban J connectivity index is 1.57. The first-order valence-electron chi connectivity index (χ1n) is 8.86. The summed E-state index contributed by atoms with van der Waals surface area (Å²) < 4.78 is 5.78. The molecule has 1 aliphatic heterocycles. The Morgan fingerprint density at radius 2 is 1.75 bits per heavy atom. The van der Waals surface area contributed by atoms with Gasteiger partial charge in [0.25, 0.3) is 0 Å². The number of hydrogen-bond donors (Lipinski definition) is 3. The lowest BCUT2D eigenvalue weighted by Crippen LogP contribution is -2.27. The van der Waals surface area contributed by atoms with Crippen molar-refractivity contribution in [3.63, 3.8) is 0 Å². The summed E-state index contributed by atoms with van der Waals surface area (Å²) >= 11 is 0. The van der Waals surface area contributed by atoms with Crippen molar-refractivity contribution in [1.82, 2.24) is 10.9 Å². The van der Waals surface area contributed by atoms with Crippen LogP contribution in [0, 0.1) is 0 Å². The zero-order chi connectivity index (χ0) is 16.8. The Hall–Kier alpha value is -2.04. The normalized spacial score (nSPS) is 20.2. The van der Waals surface area contributed by atoms with E-state index in [4.69, 9.17) is 10.5 Å². The van der Waals surface area contributed by atoms with Gasteiger partial charge in [-0.3, -0.25) is 0 Å². The van der Waals surface area contributed by atoms with Crippen molar-refractivity contribution in [3.8, 4) is 5.75 Å². The number of unbranched alkanes of at least 4 members (excludes halogenated alkanes) is 2. The van der Waals surface area contributed by atoms with Gasteiger partial charge in [0.2, 0.25) is 0 Å². The molecule has 1 fully saturated rings. The molecule has 0 aromatic heterocycles. The molecule has 0 aliphatic carbocycles. The quantitative estimate of drug-likeness (QED) is 0.529. The molecular formula is C20H27N3O. The van der Waals surface area contributed by atoms with Crippen molar-refractivity contribution >= 4 is 5.69 Å². The van der Waals surface area contributed by atoms with Gasteiger partial charge in [-0.1, -0.05) is 50.1 Å². The lowest BCUT2D eigenvalue weighted by atomic mass is 9.97. The van der Waals surface area contributed by atoms with E-state index in [1.807, 2.05) is 18.2 Å². The fourth-order valence-corrected chi connectivity index (χ4v) is 3.15. The van der Waals surface area contributed by atoms with E-state index < -0.39 is 0 Å². The van der Waals surface area contributed by atoms with Crippen LogP contribution in [0.4, 0.5) is 5.69 Å². The van der Waals surface area contributed by atoms with Gasteiger partial charge in [-0.2, -0.15) is 0 Å². The first kappa shape index (κ1) is 16.8. The average molecular weight is 325 g/mol. The molecule has 128 valence electrons. The standard InChI is InChI=1S/C20H27N3O/c1-2-3-6-13-24-16-11-9-15(10-12-16)19-14-20(23-22-19)17-7-4-5-8-18(17)21/h4-5,7-12,19-20,22-23H,2-3,6,13-14,21H2,1H3. The van der Waals surface area contributed by atoms with Gasteiger partial charge in [0, 0.05) is 11.7 Å². The van der Waals surface area contributed by atoms with E-state index >= 15 is 0 Å². The summed E-state index contributed by atoms with van der Waals surface area (Å²) in [5, 5.41) is 0. The highest BCUT2D eigenvalue weighted by Crippen LogP contribution is 2.33. The smallest absolute Gasteiger partial charge is 0.119 e. The van der Waals surface area contributed by atoms with Crippen LogP contribution in [0.1, 0.15) is 55.8 Å². The number of nitrogens with one attached hydrogen (secondary N) is 2. The van der Waals surface area contributed by atoms with Crippen LogP contribution in [-0.4, -0.2) is 6.61 Å². The van der Waals surface area contributed by atoms with Gasteiger partial charge in [0.05, 0.1) is 12.6 Å². The maximum absolute atomic E-state index is 6.09. The Kier molecular flexibility index (Phi) is 5.72. The number of para-hydroxylation sites is 1. The maximum atomic E-state index is 6.09. The topological polar surface area (TPSA) is 59.3 Å². The molecule has 1 aliphatic rings. The molecule has 4 nitrogen and oxygen atoms in total. The van der Waals surface area contributed by atoms with Crippen molar-refractivity contribution in [2.45, 2.75) is 44.7 Å². The molecule has 0 radical (unpaired) electrons. The minimum Gasteiger partial charge on any atom is -0.494 e. The number of hydrogen-bond acceptors (Lipinski definition) is 4. The molecule has 24 heavy (non-hydrogen) atoms. The molecule has 0 saturated carbocycles. The summed E-state index contributed by atoms with van der Waals surface area (Å²) in [4.78, 5) is 0. The second kappa shape index (κ2) is 8.18. The number of nitrogen functional groups attached to an aromatic ring is 1. The van der Waals surface area contributed by atoms with Gasteiger partial charge in [-0.25, -0.2) is 10.9 Å². The van der Waals surface area contributed by atoms with Crippen LogP contribution in [0.2, 0.25) is 0 Å². The highest BCUT2D eigenvalue weighted by atomic mass is 16.5. The molecule has 4 N–H and O–H groups in total. The lowest BCUT2D eigenvalue weighted by Gasteiger charge is -2.13. The number of hydrazine groups is 1. The highest BCUT2D eigenvalue weighted by Gasteiger charge is 2.27. The molecule has 1 heterocycles. The van der Waals surface area contributed by atoms with Crippen molar-refractivity contribution in [2.24, 2.45) is 0 Å². The Bertz CT molecular complexity index is 642. The van der Waals surface area contributed by atoms with Crippen LogP contribution in [0.25, 0.3) is 0 Å². The van der Waals surface area contributed by atoms with Gasteiger partial charge in [-0.15, -0.1) is 0 Å². The molecule has 4 heteroatoms. The fraction of sp³-hybridized carbons (Fsp3) is 0.400. The van der Waals surface area contributed by atoms with Crippen LogP contribution in [-0.2, 0) is 0 Å². The molecule has 2 aromatic carbocycles. The van der Waals surface area contributed by atoms with E-state index in [1.165, 1.54) is 18.4 Å². The van der Waals surface area contributed by atoms with Gasteiger partial charge in [0.15, 0.2) is 0 Å². The maximum Gasteiger partial charge on any atom is 0.119 e. The van der Waals surface area contributed by atoms with E-state index in [1.54, 1.807) is 0 Å². The molecule has 1 saturated heterocycles.